The lowest BCUT2D eigenvalue weighted by atomic mass is 9.96. The Morgan fingerprint density at radius 3 is 2.37 bits per heavy atom. The number of nitrogens with zero attached hydrogens (tertiary/aromatic N) is 1. The number of rotatable bonds is 6. The standard InChI is InChI=1S/C20H20F3NO5S/c1-28-15-6-9-18-17(11-15)13(3-10-19(25)29-2)12-24(18)30(26,27)16-7-4-14(5-8-16)20(21,22)23/h4-9,11,13H,3,10,12H2,1-2H3. The molecule has 0 saturated carbocycles. The Labute approximate surface area is 172 Å². The molecule has 0 N–H and O–H groups in total. The minimum Gasteiger partial charge on any atom is -0.497 e. The van der Waals surface area contributed by atoms with Crippen molar-refractivity contribution in [1.82, 2.24) is 0 Å². The predicted molar refractivity (Wildman–Crippen MR) is 103 cm³/mol. The summed E-state index contributed by atoms with van der Waals surface area (Å²) in [6.07, 6.45) is -4.10. The molecule has 0 spiro atoms. The molecule has 0 saturated heterocycles. The highest BCUT2D eigenvalue weighted by atomic mass is 32.2. The first-order chi connectivity index (χ1) is 14.1. The lowest BCUT2D eigenvalue weighted by molar-refractivity contribution is -0.141. The summed E-state index contributed by atoms with van der Waals surface area (Å²) in [5.74, 6) is -0.174. The van der Waals surface area contributed by atoms with Crippen molar-refractivity contribution in [3.63, 3.8) is 0 Å². The highest BCUT2D eigenvalue weighted by molar-refractivity contribution is 7.92. The number of sulfonamides is 1. The highest BCUT2D eigenvalue weighted by Gasteiger charge is 2.38. The lowest BCUT2D eigenvalue weighted by Gasteiger charge is -2.20. The normalized spacial score (nSPS) is 16.3. The molecule has 2 aromatic carbocycles. The Balaban J connectivity index is 1.96. The zero-order valence-electron chi connectivity index (χ0n) is 16.3. The van der Waals surface area contributed by atoms with E-state index in [0.29, 0.717) is 23.4 Å². The lowest BCUT2D eigenvalue weighted by Crippen LogP contribution is -2.30. The maximum Gasteiger partial charge on any atom is 0.416 e. The average Bonchev–Trinajstić information content (AvgIpc) is 3.10. The van der Waals surface area contributed by atoms with Crippen LogP contribution < -0.4 is 9.04 Å². The summed E-state index contributed by atoms with van der Waals surface area (Å²) in [5.41, 5.74) is 0.170. The van der Waals surface area contributed by atoms with E-state index in [1.54, 1.807) is 18.2 Å². The summed E-state index contributed by atoms with van der Waals surface area (Å²) in [5, 5.41) is 0. The van der Waals surface area contributed by atoms with Gasteiger partial charge in [-0.25, -0.2) is 8.42 Å². The first kappa shape index (κ1) is 21.9. The first-order valence-electron chi connectivity index (χ1n) is 9.02. The molecule has 1 unspecified atom stereocenters. The molecule has 1 atom stereocenters. The molecule has 1 aliphatic heterocycles. The molecule has 6 nitrogen and oxygen atoms in total. The SMILES string of the molecule is COC(=O)CCC1CN(S(=O)(=O)c2ccc(C(F)(F)F)cc2)c2ccc(OC)cc21. The minimum absolute atomic E-state index is 0.0584. The quantitative estimate of drug-likeness (QED) is 0.632. The monoisotopic (exact) mass is 443 g/mol. The van der Waals surface area contributed by atoms with Crippen molar-refractivity contribution in [3.8, 4) is 5.75 Å². The number of anilines is 1. The highest BCUT2D eigenvalue weighted by Crippen LogP contribution is 2.43. The van der Waals surface area contributed by atoms with E-state index in [2.05, 4.69) is 4.74 Å². The molecule has 0 radical (unpaired) electrons. The number of fused-ring (bicyclic) bond motifs is 1. The van der Waals surface area contributed by atoms with Crippen LogP contribution in [0.3, 0.4) is 0 Å². The third kappa shape index (κ3) is 4.23. The molecule has 162 valence electrons. The molecule has 1 heterocycles. The van der Waals surface area contributed by atoms with Crippen molar-refractivity contribution in [3.05, 3.63) is 53.6 Å². The van der Waals surface area contributed by atoms with Crippen LogP contribution in [0.4, 0.5) is 18.9 Å². The molecule has 30 heavy (non-hydrogen) atoms. The van der Waals surface area contributed by atoms with Crippen LogP contribution in [-0.2, 0) is 25.7 Å². The van der Waals surface area contributed by atoms with E-state index in [4.69, 9.17) is 4.74 Å². The number of alkyl halides is 3. The van der Waals surface area contributed by atoms with Crippen molar-refractivity contribution in [2.75, 3.05) is 25.1 Å². The summed E-state index contributed by atoms with van der Waals surface area (Å²) in [4.78, 5) is 11.3. The Kier molecular flexibility index (Phi) is 5.98. The molecule has 0 amide bonds. The Morgan fingerprint density at radius 1 is 1.13 bits per heavy atom. The average molecular weight is 443 g/mol. The maximum atomic E-state index is 13.2. The van der Waals surface area contributed by atoms with Crippen molar-refractivity contribution >= 4 is 21.7 Å². The number of esters is 1. The number of ether oxygens (including phenoxy) is 2. The summed E-state index contributed by atoms with van der Waals surface area (Å²) in [7, 11) is -1.35. The molecule has 0 aliphatic carbocycles. The van der Waals surface area contributed by atoms with E-state index < -0.39 is 27.7 Å². The van der Waals surface area contributed by atoms with Gasteiger partial charge >= 0.3 is 12.1 Å². The van der Waals surface area contributed by atoms with Crippen molar-refractivity contribution in [2.45, 2.75) is 29.8 Å². The number of methoxy groups -OCH3 is 2. The number of carbonyl (C=O) groups is 1. The van der Waals surface area contributed by atoms with Gasteiger partial charge in [0, 0.05) is 18.9 Å². The Bertz CT molecular complexity index is 1040. The van der Waals surface area contributed by atoms with Crippen LogP contribution in [0.15, 0.2) is 47.4 Å². The smallest absolute Gasteiger partial charge is 0.416 e. The first-order valence-corrected chi connectivity index (χ1v) is 10.5. The fourth-order valence-electron chi connectivity index (χ4n) is 3.42. The third-order valence-electron chi connectivity index (χ3n) is 5.02. The van der Waals surface area contributed by atoms with Crippen molar-refractivity contribution in [2.24, 2.45) is 0 Å². The van der Waals surface area contributed by atoms with E-state index >= 15 is 0 Å². The fourth-order valence-corrected chi connectivity index (χ4v) is 4.96. The summed E-state index contributed by atoms with van der Waals surface area (Å²) < 4.78 is 75.8. The number of hydrogen-bond donors (Lipinski definition) is 0. The second-order valence-electron chi connectivity index (χ2n) is 6.79. The van der Waals surface area contributed by atoms with Crippen molar-refractivity contribution < 1.29 is 35.9 Å². The van der Waals surface area contributed by atoms with Gasteiger partial charge in [0.1, 0.15) is 5.75 Å². The molecular weight excluding hydrogens is 423 g/mol. The molecule has 0 aromatic heterocycles. The fraction of sp³-hybridized carbons (Fsp3) is 0.350. The van der Waals surface area contributed by atoms with Crippen LogP contribution in [-0.4, -0.2) is 35.2 Å². The van der Waals surface area contributed by atoms with Gasteiger partial charge in [0.25, 0.3) is 10.0 Å². The van der Waals surface area contributed by atoms with E-state index in [9.17, 15) is 26.4 Å². The predicted octanol–water partition coefficient (Wildman–Crippen LogP) is 3.96. The topological polar surface area (TPSA) is 72.9 Å². The number of benzene rings is 2. The van der Waals surface area contributed by atoms with E-state index in [1.807, 2.05) is 0 Å². The summed E-state index contributed by atoms with van der Waals surface area (Å²) in [6.45, 7) is 0.0584. The Morgan fingerprint density at radius 2 is 1.80 bits per heavy atom. The third-order valence-corrected chi connectivity index (χ3v) is 6.82. The van der Waals surface area contributed by atoms with Gasteiger partial charge in [-0.2, -0.15) is 13.2 Å². The van der Waals surface area contributed by atoms with E-state index in [1.165, 1.54) is 14.2 Å². The number of hydrogen-bond acceptors (Lipinski definition) is 5. The van der Waals surface area contributed by atoms with E-state index in [0.717, 1.165) is 28.6 Å². The van der Waals surface area contributed by atoms with Gasteiger partial charge in [-0.15, -0.1) is 0 Å². The largest absolute Gasteiger partial charge is 0.497 e. The van der Waals surface area contributed by atoms with Gasteiger partial charge in [-0.3, -0.25) is 9.10 Å². The second kappa shape index (κ2) is 8.17. The zero-order valence-corrected chi connectivity index (χ0v) is 17.1. The summed E-state index contributed by atoms with van der Waals surface area (Å²) >= 11 is 0. The van der Waals surface area contributed by atoms with Crippen LogP contribution in [0, 0.1) is 0 Å². The zero-order chi connectivity index (χ0) is 22.1. The van der Waals surface area contributed by atoms with Crippen LogP contribution in [0.1, 0.15) is 29.9 Å². The molecule has 2 aromatic rings. The molecule has 1 aliphatic rings. The molecule has 10 heteroatoms. The Hall–Kier alpha value is -2.75. The van der Waals surface area contributed by atoms with Gasteiger partial charge in [0.15, 0.2) is 0 Å². The minimum atomic E-state index is -4.56. The van der Waals surface area contributed by atoms with E-state index in [-0.39, 0.29) is 23.8 Å². The van der Waals surface area contributed by atoms with Gasteiger partial charge < -0.3 is 9.47 Å². The van der Waals surface area contributed by atoms with Gasteiger partial charge in [0.05, 0.1) is 30.4 Å². The van der Waals surface area contributed by atoms with Crippen LogP contribution in [0.25, 0.3) is 0 Å². The number of halogens is 3. The molecule has 0 bridgehead atoms. The van der Waals surface area contributed by atoms with Gasteiger partial charge in [0.2, 0.25) is 0 Å². The van der Waals surface area contributed by atoms with Crippen LogP contribution >= 0.6 is 0 Å². The van der Waals surface area contributed by atoms with Crippen LogP contribution in [0.2, 0.25) is 0 Å². The van der Waals surface area contributed by atoms with Gasteiger partial charge in [-0.1, -0.05) is 0 Å². The molecule has 0 fully saturated rings. The van der Waals surface area contributed by atoms with Crippen LogP contribution in [0.5, 0.6) is 5.75 Å². The van der Waals surface area contributed by atoms with Crippen molar-refractivity contribution in [1.29, 1.82) is 0 Å². The van der Waals surface area contributed by atoms with Gasteiger partial charge in [-0.05, 0) is 54.4 Å². The molecular formula is C20H20F3NO5S. The number of carbonyl (C=O) groups excluding carboxylic acids is 1. The second-order valence-corrected chi connectivity index (χ2v) is 8.66. The molecule has 3 rings (SSSR count). The maximum absolute atomic E-state index is 13.2. The summed E-state index contributed by atoms with van der Waals surface area (Å²) in [6, 6.07) is 8.29.